The number of hydrogen-bond donors (Lipinski definition) is 1. The predicted octanol–water partition coefficient (Wildman–Crippen LogP) is 2.80. The summed E-state index contributed by atoms with van der Waals surface area (Å²) in [5.41, 5.74) is -0.392. The van der Waals surface area contributed by atoms with Crippen molar-refractivity contribution in [1.29, 1.82) is 5.26 Å². The lowest BCUT2D eigenvalue weighted by molar-refractivity contribution is -0.274. The Bertz CT molecular complexity index is 355. The maximum Gasteiger partial charge on any atom is 0.166 e. The number of ketones is 1. The fourth-order valence-electron chi connectivity index (χ4n) is 2.88. The van der Waals surface area contributed by atoms with Crippen molar-refractivity contribution in [1.82, 2.24) is 0 Å². The summed E-state index contributed by atoms with van der Waals surface area (Å²) in [5.74, 6) is -1.07. The van der Waals surface area contributed by atoms with Gasteiger partial charge in [0.2, 0.25) is 0 Å². The van der Waals surface area contributed by atoms with Gasteiger partial charge in [0.15, 0.2) is 5.79 Å². The van der Waals surface area contributed by atoms with E-state index in [-0.39, 0.29) is 24.0 Å². The van der Waals surface area contributed by atoms with Crippen molar-refractivity contribution in [2.24, 2.45) is 11.8 Å². The molecule has 19 heavy (non-hydrogen) atoms. The van der Waals surface area contributed by atoms with Gasteiger partial charge in [0.1, 0.15) is 5.78 Å². The fourth-order valence-corrected chi connectivity index (χ4v) is 2.88. The topological polar surface area (TPSA) is 70.3 Å². The molecule has 1 saturated carbocycles. The third-order valence-corrected chi connectivity index (χ3v) is 3.71. The van der Waals surface area contributed by atoms with E-state index in [0.29, 0.717) is 0 Å². The van der Waals surface area contributed by atoms with E-state index in [0.717, 1.165) is 25.7 Å². The molecular formula is C15H25NO3. The van der Waals surface area contributed by atoms with E-state index in [2.05, 4.69) is 0 Å². The van der Waals surface area contributed by atoms with Crippen molar-refractivity contribution in [3.8, 4) is 6.07 Å². The smallest absolute Gasteiger partial charge is 0.166 e. The second-order valence-corrected chi connectivity index (χ2v) is 6.62. The van der Waals surface area contributed by atoms with Gasteiger partial charge in [-0.05, 0) is 53.4 Å². The van der Waals surface area contributed by atoms with Crippen molar-refractivity contribution in [3.05, 3.63) is 0 Å². The van der Waals surface area contributed by atoms with Gasteiger partial charge in [-0.3, -0.25) is 4.79 Å². The highest BCUT2D eigenvalue weighted by Crippen LogP contribution is 2.38. The quantitative estimate of drug-likeness (QED) is 0.795. The van der Waals surface area contributed by atoms with Gasteiger partial charge >= 0.3 is 0 Å². The average molecular weight is 267 g/mol. The van der Waals surface area contributed by atoms with E-state index in [9.17, 15) is 9.90 Å². The summed E-state index contributed by atoms with van der Waals surface area (Å²) < 4.78 is 5.73. The summed E-state index contributed by atoms with van der Waals surface area (Å²) >= 11 is 0. The first-order valence-electron chi connectivity index (χ1n) is 6.98. The number of aliphatic hydroxyl groups is 1. The van der Waals surface area contributed by atoms with Gasteiger partial charge in [0.25, 0.3) is 0 Å². The number of carbonyl (C=O) groups is 1. The highest BCUT2D eigenvalue weighted by atomic mass is 16.6. The maximum absolute atomic E-state index is 11.7. The second-order valence-electron chi connectivity index (χ2n) is 6.62. The van der Waals surface area contributed by atoms with E-state index in [1.54, 1.807) is 6.92 Å². The molecule has 0 heterocycles. The summed E-state index contributed by atoms with van der Waals surface area (Å²) in [6.45, 7) is 7.47. The van der Waals surface area contributed by atoms with E-state index in [1.807, 2.05) is 26.8 Å². The normalized spacial score (nSPS) is 27.4. The molecule has 0 aliphatic heterocycles. The summed E-state index contributed by atoms with van der Waals surface area (Å²) in [6.07, 6.45) is 3.03. The lowest BCUT2D eigenvalue weighted by Crippen LogP contribution is -2.45. The fraction of sp³-hybridized carbons (Fsp3) is 0.867. The van der Waals surface area contributed by atoms with Gasteiger partial charge < -0.3 is 9.84 Å². The summed E-state index contributed by atoms with van der Waals surface area (Å²) in [7, 11) is 0. The molecule has 1 unspecified atom stereocenters. The number of nitriles is 1. The predicted molar refractivity (Wildman–Crippen MR) is 72.1 cm³/mol. The SMILES string of the molecule is CC(C)(C)OC(C)(O)C1CCC(C(=O)CC#N)CC1. The number of hydrogen-bond acceptors (Lipinski definition) is 4. The van der Waals surface area contributed by atoms with Crippen LogP contribution < -0.4 is 0 Å². The first-order valence-corrected chi connectivity index (χ1v) is 6.98. The van der Waals surface area contributed by atoms with Gasteiger partial charge in [0.05, 0.1) is 18.1 Å². The van der Waals surface area contributed by atoms with Crippen LogP contribution in [0.5, 0.6) is 0 Å². The minimum Gasteiger partial charge on any atom is -0.365 e. The molecule has 1 rings (SSSR count). The molecule has 0 saturated heterocycles. The zero-order valence-electron chi connectivity index (χ0n) is 12.4. The maximum atomic E-state index is 11.7. The summed E-state index contributed by atoms with van der Waals surface area (Å²) in [4.78, 5) is 11.7. The number of nitrogens with zero attached hydrogens (tertiary/aromatic N) is 1. The molecule has 0 aromatic rings. The molecule has 0 bridgehead atoms. The van der Waals surface area contributed by atoms with Crippen molar-refractivity contribution in [3.63, 3.8) is 0 Å². The van der Waals surface area contributed by atoms with Crippen LogP contribution in [-0.2, 0) is 9.53 Å². The van der Waals surface area contributed by atoms with Crippen LogP contribution in [0.4, 0.5) is 0 Å². The number of ether oxygens (including phenoxy) is 1. The highest BCUT2D eigenvalue weighted by Gasteiger charge is 2.39. The minimum absolute atomic E-state index is 0.00418. The average Bonchev–Trinajstić information content (AvgIpc) is 2.26. The summed E-state index contributed by atoms with van der Waals surface area (Å²) in [5, 5.41) is 19.0. The Labute approximate surface area is 115 Å². The van der Waals surface area contributed by atoms with Gasteiger partial charge in [-0.25, -0.2) is 0 Å². The van der Waals surface area contributed by atoms with Crippen LogP contribution in [0.1, 0.15) is 59.8 Å². The van der Waals surface area contributed by atoms with Crippen LogP contribution in [0, 0.1) is 23.2 Å². The zero-order chi connectivity index (χ0) is 14.7. The Balaban J connectivity index is 2.54. The van der Waals surface area contributed by atoms with Crippen LogP contribution in [-0.4, -0.2) is 22.3 Å². The van der Waals surface area contributed by atoms with E-state index >= 15 is 0 Å². The van der Waals surface area contributed by atoms with E-state index in [4.69, 9.17) is 10.00 Å². The molecule has 1 N–H and O–H groups in total. The first kappa shape index (κ1) is 16.1. The zero-order valence-corrected chi connectivity index (χ0v) is 12.4. The monoisotopic (exact) mass is 267 g/mol. The van der Waals surface area contributed by atoms with Gasteiger partial charge in [0, 0.05) is 11.8 Å². The van der Waals surface area contributed by atoms with Crippen LogP contribution in [0.2, 0.25) is 0 Å². The molecule has 0 radical (unpaired) electrons. The molecule has 1 fully saturated rings. The van der Waals surface area contributed by atoms with Crippen molar-refractivity contribution in [2.45, 2.75) is 71.2 Å². The molecular weight excluding hydrogens is 242 g/mol. The van der Waals surface area contributed by atoms with Gasteiger partial charge in [-0.1, -0.05) is 0 Å². The molecule has 4 heteroatoms. The lowest BCUT2D eigenvalue weighted by atomic mass is 9.76. The Morgan fingerprint density at radius 2 is 1.79 bits per heavy atom. The third-order valence-electron chi connectivity index (χ3n) is 3.71. The highest BCUT2D eigenvalue weighted by molar-refractivity contribution is 5.82. The van der Waals surface area contributed by atoms with E-state index < -0.39 is 11.4 Å². The molecule has 0 aromatic heterocycles. The molecule has 1 atom stereocenters. The Morgan fingerprint density at radius 1 is 1.26 bits per heavy atom. The molecule has 1 aliphatic carbocycles. The van der Waals surface area contributed by atoms with Crippen LogP contribution >= 0.6 is 0 Å². The Hall–Kier alpha value is -0.920. The lowest BCUT2D eigenvalue weighted by Gasteiger charge is -2.41. The standard InChI is InChI=1S/C15H25NO3/c1-14(2,3)19-15(4,18)12-7-5-11(6-8-12)13(17)9-10-16/h11-12,18H,5-9H2,1-4H3. The number of rotatable bonds is 4. The van der Waals surface area contributed by atoms with E-state index in [1.165, 1.54) is 0 Å². The minimum atomic E-state index is -1.15. The van der Waals surface area contributed by atoms with Crippen molar-refractivity contribution >= 4 is 5.78 Å². The largest absolute Gasteiger partial charge is 0.365 e. The summed E-state index contributed by atoms with van der Waals surface area (Å²) in [6, 6.07) is 1.91. The molecule has 108 valence electrons. The van der Waals surface area contributed by atoms with Crippen LogP contribution in [0.25, 0.3) is 0 Å². The Kier molecular flexibility index (Phi) is 5.11. The van der Waals surface area contributed by atoms with Gasteiger partial charge in [-0.15, -0.1) is 0 Å². The molecule has 0 amide bonds. The van der Waals surface area contributed by atoms with Crippen molar-refractivity contribution in [2.75, 3.05) is 0 Å². The van der Waals surface area contributed by atoms with Crippen LogP contribution in [0.15, 0.2) is 0 Å². The van der Waals surface area contributed by atoms with Crippen molar-refractivity contribution < 1.29 is 14.6 Å². The van der Waals surface area contributed by atoms with Gasteiger partial charge in [-0.2, -0.15) is 5.26 Å². The molecule has 0 aromatic carbocycles. The number of Topliss-reactive ketones (excluding diaryl/α,β-unsaturated/α-hetero) is 1. The second kappa shape index (κ2) is 6.02. The molecule has 4 nitrogen and oxygen atoms in total. The third kappa shape index (κ3) is 4.93. The Morgan fingerprint density at radius 3 is 2.21 bits per heavy atom. The molecule has 1 aliphatic rings. The first-order chi connectivity index (χ1) is 8.65. The molecule has 0 spiro atoms. The van der Waals surface area contributed by atoms with Crippen LogP contribution in [0.3, 0.4) is 0 Å². The number of carbonyl (C=O) groups excluding carboxylic acids is 1.